The van der Waals surface area contributed by atoms with Crippen molar-refractivity contribution in [3.8, 4) is 17.0 Å². The molecule has 2 aromatic rings. The molecule has 0 aliphatic carbocycles. The third-order valence-corrected chi connectivity index (χ3v) is 3.36. The number of carbonyl (C=O) groups is 1. The second-order valence-electron chi connectivity index (χ2n) is 4.95. The smallest absolute Gasteiger partial charge is 0.243 e. The van der Waals surface area contributed by atoms with Gasteiger partial charge in [0.05, 0.1) is 7.11 Å². The molecule has 2 N–H and O–H groups in total. The van der Waals surface area contributed by atoms with Crippen molar-refractivity contribution in [1.29, 1.82) is 0 Å². The second-order valence-corrected chi connectivity index (χ2v) is 4.95. The largest absolute Gasteiger partial charge is 0.497 e. The number of carbonyl (C=O) groups excluding carboxylic acids is 1. The van der Waals surface area contributed by atoms with Gasteiger partial charge in [-0.1, -0.05) is 6.42 Å². The number of amides is 1. The first-order valence-corrected chi connectivity index (χ1v) is 7.24. The molecule has 1 amide bonds. The first-order valence-electron chi connectivity index (χ1n) is 7.24. The van der Waals surface area contributed by atoms with E-state index in [1.54, 1.807) is 18.9 Å². The highest BCUT2D eigenvalue weighted by Gasteiger charge is 2.07. The van der Waals surface area contributed by atoms with Crippen LogP contribution in [0.15, 0.2) is 34.9 Å². The van der Waals surface area contributed by atoms with Crippen LogP contribution in [0, 0.1) is 0 Å². The zero-order chi connectivity index (χ0) is 15.8. The third-order valence-electron chi connectivity index (χ3n) is 3.36. The zero-order valence-corrected chi connectivity index (χ0v) is 12.5. The number of benzene rings is 1. The van der Waals surface area contributed by atoms with Crippen molar-refractivity contribution >= 4 is 5.91 Å². The summed E-state index contributed by atoms with van der Waals surface area (Å²) in [5.74, 6) is 1.15. The van der Waals surface area contributed by atoms with E-state index < -0.39 is 0 Å². The van der Waals surface area contributed by atoms with Crippen molar-refractivity contribution in [3.63, 3.8) is 0 Å². The van der Waals surface area contributed by atoms with E-state index in [2.05, 4.69) is 4.98 Å². The van der Waals surface area contributed by atoms with E-state index in [0.29, 0.717) is 12.3 Å². The molecule has 0 atom stereocenters. The number of hydroxylamine groups is 1. The summed E-state index contributed by atoms with van der Waals surface area (Å²) in [5.41, 5.74) is 3.41. The van der Waals surface area contributed by atoms with Gasteiger partial charge in [0.1, 0.15) is 17.7 Å². The number of ether oxygens (including phenoxy) is 1. The predicted molar refractivity (Wildman–Crippen MR) is 80.6 cm³/mol. The fourth-order valence-corrected chi connectivity index (χ4v) is 2.11. The molecule has 6 nitrogen and oxygen atoms in total. The molecular weight excluding hydrogens is 284 g/mol. The topological polar surface area (TPSA) is 84.6 Å². The molecule has 0 saturated heterocycles. The van der Waals surface area contributed by atoms with Crippen molar-refractivity contribution < 1.29 is 19.2 Å². The lowest BCUT2D eigenvalue weighted by molar-refractivity contribution is -0.129. The molecule has 0 aliphatic rings. The number of methoxy groups -OCH3 is 1. The fraction of sp³-hybridized carbons (Fsp3) is 0.375. The summed E-state index contributed by atoms with van der Waals surface area (Å²) in [5, 5.41) is 8.38. The Hall–Kier alpha value is -2.34. The molecule has 6 heteroatoms. The van der Waals surface area contributed by atoms with Crippen LogP contribution in [-0.4, -0.2) is 23.2 Å². The van der Waals surface area contributed by atoms with Crippen molar-refractivity contribution in [2.24, 2.45) is 0 Å². The van der Waals surface area contributed by atoms with Crippen LogP contribution >= 0.6 is 0 Å². The number of nitrogens with one attached hydrogen (secondary N) is 1. The fourth-order valence-electron chi connectivity index (χ4n) is 2.11. The van der Waals surface area contributed by atoms with E-state index in [1.807, 2.05) is 24.3 Å². The summed E-state index contributed by atoms with van der Waals surface area (Å²) in [4.78, 5) is 15.3. The number of aromatic nitrogens is 1. The van der Waals surface area contributed by atoms with Crippen LogP contribution in [0.4, 0.5) is 0 Å². The minimum Gasteiger partial charge on any atom is -0.497 e. The van der Waals surface area contributed by atoms with Gasteiger partial charge in [-0.25, -0.2) is 10.5 Å². The minimum absolute atomic E-state index is 0.333. The van der Waals surface area contributed by atoms with Crippen molar-refractivity contribution in [2.75, 3.05) is 7.11 Å². The highest BCUT2D eigenvalue weighted by molar-refractivity contribution is 5.74. The van der Waals surface area contributed by atoms with Crippen LogP contribution in [0.3, 0.4) is 0 Å². The summed E-state index contributed by atoms with van der Waals surface area (Å²) >= 11 is 0. The van der Waals surface area contributed by atoms with Gasteiger partial charge in [0.25, 0.3) is 0 Å². The monoisotopic (exact) mass is 304 g/mol. The predicted octanol–water partition coefficient (Wildman–Crippen LogP) is 2.96. The Labute approximate surface area is 129 Å². The van der Waals surface area contributed by atoms with Crippen LogP contribution in [0.5, 0.6) is 5.75 Å². The van der Waals surface area contributed by atoms with E-state index in [-0.39, 0.29) is 5.91 Å². The van der Waals surface area contributed by atoms with E-state index in [0.717, 1.165) is 42.7 Å². The molecule has 1 aromatic heterocycles. The number of oxazole rings is 1. The van der Waals surface area contributed by atoms with Gasteiger partial charge in [-0.15, -0.1) is 0 Å². The normalized spacial score (nSPS) is 10.5. The number of rotatable bonds is 8. The van der Waals surface area contributed by atoms with Crippen LogP contribution in [0.1, 0.15) is 31.6 Å². The van der Waals surface area contributed by atoms with E-state index >= 15 is 0 Å². The zero-order valence-electron chi connectivity index (χ0n) is 12.5. The molecule has 0 saturated carbocycles. The van der Waals surface area contributed by atoms with E-state index in [1.165, 1.54) is 0 Å². The maximum atomic E-state index is 10.8. The van der Waals surface area contributed by atoms with Gasteiger partial charge in [-0.2, -0.15) is 0 Å². The van der Waals surface area contributed by atoms with Gasteiger partial charge in [0, 0.05) is 18.4 Å². The Morgan fingerprint density at radius 2 is 2.05 bits per heavy atom. The Kier molecular flexibility index (Phi) is 5.97. The van der Waals surface area contributed by atoms with Crippen molar-refractivity contribution in [3.05, 3.63) is 36.4 Å². The lowest BCUT2D eigenvalue weighted by Crippen LogP contribution is -2.17. The van der Waals surface area contributed by atoms with Gasteiger partial charge >= 0.3 is 0 Å². The van der Waals surface area contributed by atoms with Crippen LogP contribution in [0.25, 0.3) is 11.3 Å². The molecule has 0 fully saturated rings. The molecule has 0 spiro atoms. The average molecular weight is 304 g/mol. The van der Waals surface area contributed by atoms with Crippen molar-refractivity contribution in [2.45, 2.75) is 32.1 Å². The summed E-state index contributed by atoms with van der Waals surface area (Å²) in [6.07, 6.45) is 5.22. The number of unbranched alkanes of at least 4 members (excludes halogenated alkanes) is 2. The quantitative estimate of drug-likeness (QED) is 0.445. The van der Waals surface area contributed by atoms with Crippen molar-refractivity contribution in [1.82, 2.24) is 10.5 Å². The van der Waals surface area contributed by atoms with E-state index in [4.69, 9.17) is 14.4 Å². The second kappa shape index (κ2) is 8.19. The van der Waals surface area contributed by atoms with Gasteiger partial charge in [0.2, 0.25) is 5.91 Å². The van der Waals surface area contributed by atoms with Crippen LogP contribution in [-0.2, 0) is 11.2 Å². The maximum Gasteiger partial charge on any atom is 0.243 e. The van der Waals surface area contributed by atoms with Gasteiger partial charge < -0.3 is 9.15 Å². The Bertz CT molecular complexity index is 592. The molecule has 0 bridgehead atoms. The SMILES string of the molecule is COc1ccc(-c2coc(CCCCCC(=O)NO)n2)cc1. The Morgan fingerprint density at radius 3 is 2.73 bits per heavy atom. The van der Waals surface area contributed by atoms with Crippen LogP contribution in [0.2, 0.25) is 0 Å². The molecule has 2 rings (SSSR count). The molecule has 1 aromatic carbocycles. The van der Waals surface area contributed by atoms with E-state index in [9.17, 15) is 4.79 Å². The average Bonchev–Trinajstić information content (AvgIpc) is 3.03. The maximum absolute atomic E-state index is 10.8. The highest BCUT2D eigenvalue weighted by Crippen LogP contribution is 2.22. The van der Waals surface area contributed by atoms with Gasteiger partial charge in [-0.05, 0) is 37.1 Å². The third kappa shape index (κ3) is 4.60. The number of aryl methyl sites for hydroxylation is 1. The van der Waals surface area contributed by atoms with Crippen LogP contribution < -0.4 is 10.2 Å². The number of nitrogens with zero attached hydrogens (tertiary/aromatic N) is 1. The highest BCUT2D eigenvalue weighted by atomic mass is 16.5. The summed E-state index contributed by atoms with van der Waals surface area (Å²) in [6.45, 7) is 0. The lowest BCUT2D eigenvalue weighted by atomic mass is 10.1. The summed E-state index contributed by atoms with van der Waals surface area (Å²) < 4.78 is 10.6. The molecule has 1 heterocycles. The van der Waals surface area contributed by atoms with Gasteiger partial charge in [0.15, 0.2) is 5.89 Å². The minimum atomic E-state index is -0.349. The number of hydrogen-bond acceptors (Lipinski definition) is 5. The number of hydrogen-bond donors (Lipinski definition) is 2. The first-order chi connectivity index (χ1) is 10.7. The first kappa shape index (κ1) is 16.0. The molecular formula is C16H20N2O4. The lowest BCUT2D eigenvalue weighted by Gasteiger charge is -2.00. The summed E-state index contributed by atoms with van der Waals surface area (Å²) in [6, 6.07) is 7.65. The van der Waals surface area contributed by atoms with Gasteiger partial charge in [-0.3, -0.25) is 10.0 Å². The Balaban J connectivity index is 1.79. The standard InChI is InChI=1S/C16H20N2O4/c1-21-13-9-7-12(8-10-13)14-11-22-16(17-14)6-4-2-3-5-15(19)18-20/h7-11,20H,2-6H2,1H3,(H,18,19). The molecule has 22 heavy (non-hydrogen) atoms. The molecule has 118 valence electrons. The molecule has 0 aliphatic heterocycles. The molecule has 0 radical (unpaired) electrons. The summed E-state index contributed by atoms with van der Waals surface area (Å²) in [7, 11) is 1.63. The Morgan fingerprint density at radius 1 is 1.27 bits per heavy atom. The molecule has 0 unspecified atom stereocenters.